The van der Waals surface area contributed by atoms with Crippen molar-refractivity contribution in [2.45, 2.75) is 26.9 Å². The number of carbonyl (C=O) groups is 1. The lowest BCUT2D eigenvalue weighted by Gasteiger charge is -2.16. The van der Waals surface area contributed by atoms with Crippen LogP contribution in [0.4, 0.5) is 11.6 Å². The van der Waals surface area contributed by atoms with Gasteiger partial charge in [0.1, 0.15) is 6.29 Å². The lowest BCUT2D eigenvalue weighted by Crippen LogP contribution is -2.43. The van der Waals surface area contributed by atoms with E-state index in [2.05, 4.69) is 20.4 Å². The SMILES string of the molecule is Cc1nc(-c2ccc(Nc3nc(=O)n(CC(C)C=O)c(=O)n3Cc3ccc(Cl)cc3)cc2)no1. The van der Waals surface area contributed by atoms with Crippen LogP contribution < -0.4 is 16.7 Å². The summed E-state index contributed by atoms with van der Waals surface area (Å²) in [6.07, 6.45) is 0.689. The molecule has 11 heteroatoms. The molecule has 1 N–H and O–H groups in total. The molecule has 0 amide bonds. The highest BCUT2D eigenvalue weighted by Crippen LogP contribution is 2.21. The highest BCUT2D eigenvalue weighted by molar-refractivity contribution is 6.30. The van der Waals surface area contributed by atoms with E-state index in [0.717, 1.165) is 15.7 Å². The molecule has 0 saturated carbocycles. The minimum Gasteiger partial charge on any atom is -0.339 e. The number of anilines is 2. The maximum absolute atomic E-state index is 13.2. The number of hydrogen-bond donors (Lipinski definition) is 1. The fraction of sp³-hybridized carbons (Fsp3) is 0.217. The Morgan fingerprint density at radius 2 is 1.76 bits per heavy atom. The van der Waals surface area contributed by atoms with Crippen LogP contribution >= 0.6 is 11.6 Å². The van der Waals surface area contributed by atoms with Gasteiger partial charge in [0.15, 0.2) is 0 Å². The molecule has 0 fully saturated rings. The average molecular weight is 481 g/mol. The fourth-order valence-corrected chi connectivity index (χ4v) is 3.40. The molecule has 4 aromatic rings. The van der Waals surface area contributed by atoms with E-state index in [9.17, 15) is 14.4 Å². The molecule has 4 rings (SSSR count). The van der Waals surface area contributed by atoms with Crippen LogP contribution in [0, 0.1) is 12.8 Å². The van der Waals surface area contributed by atoms with E-state index in [1.807, 2.05) is 0 Å². The first kappa shape index (κ1) is 23.1. The van der Waals surface area contributed by atoms with Crippen LogP contribution in [-0.4, -0.2) is 30.5 Å². The minimum absolute atomic E-state index is 0.0616. The van der Waals surface area contributed by atoms with Gasteiger partial charge in [0, 0.05) is 35.7 Å². The van der Waals surface area contributed by atoms with Gasteiger partial charge in [0.05, 0.1) is 6.54 Å². The van der Waals surface area contributed by atoms with Gasteiger partial charge in [-0.2, -0.15) is 9.97 Å². The predicted octanol–water partition coefficient (Wildman–Crippen LogP) is 3.04. The van der Waals surface area contributed by atoms with Gasteiger partial charge in [-0.3, -0.25) is 4.57 Å². The number of aryl methyl sites for hydroxylation is 1. The zero-order chi connectivity index (χ0) is 24.2. The standard InChI is InChI=1S/C23H21ClN6O4/c1-14(13-31)11-30-22(32)27-21(29(23(30)33)12-16-3-7-18(24)8-4-16)26-19-9-5-17(6-10-19)20-25-15(2)34-28-20/h3-10,13-14H,11-12H2,1-2H3,(H,26,27,32). The molecule has 0 aliphatic carbocycles. The highest BCUT2D eigenvalue weighted by atomic mass is 35.5. The van der Waals surface area contributed by atoms with Crippen molar-refractivity contribution in [1.29, 1.82) is 0 Å². The molecule has 2 heterocycles. The summed E-state index contributed by atoms with van der Waals surface area (Å²) < 4.78 is 7.31. The van der Waals surface area contributed by atoms with Crippen molar-refractivity contribution in [3.05, 3.63) is 86.0 Å². The number of nitrogens with zero attached hydrogens (tertiary/aromatic N) is 5. The average Bonchev–Trinajstić information content (AvgIpc) is 3.27. The van der Waals surface area contributed by atoms with E-state index < -0.39 is 17.3 Å². The van der Waals surface area contributed by atoms with Gasteiger partial charge in [-0.1, -0.05) is 35.8 Å². The zero-order valence-corrected chi connectivity index (χ0v) is 19.2. The molecule has 0 bridgehead atoms. The molecule has 0 saturated heterocycles. The van der Waals surface area contributed by atoms with Gasteiger partial charge in [-0.05, 0) is 42.0 Å². The number of aromatic nitrogens is 5. The van der Waals surface area contributed by atoms with Gasteiger partial charge in [0.2, 0.25) is 17.7 Å². The summed E-state index contributed by atoms with van der Waals surface area (Å²) >= 11 is 5.98. The molecule has 0 radical (unpaired) electrons. The van der Waals surface area contributed by atoms with Crippen LogP contribution in [0.1, 0.15) is 18.4 Å². The fourth-order valence-electron chi connectivity index (χ4n) is 3.28. The van der Waals surface area contributed by atoms with Crippen LogP contribution in [0.25, 0.3) is 11.4 Å². The summed E-state index contributed by atoms with van der Waals surface area (Å²) in [6.45, 7) is 3.41. The number of hydrogen-bond acceptors (Lipinski definition) is 8. The minimum atomic E-state index is -0.743. The summed E-state index contributed by atoms with van der Waals surface area (Å²) in [5.41, 5.74) is 0.802. The molecule has 34 heavy (non-hydrogen) atoms. The van der Waals surface area contributed by atoms with Crippen molar-refractivity contribution >= 4 is 29.5 Å². The second kappa shape index (κ2) is 9.84. The Kier molecular flexibility index (Phi) is 6.69. The highest BCUT2D eigenvalue weighted by Gasteiger charge is 2.16. The topological polar surface area (TPSA) is 125 Å². The predicted molar refractivity (Wildman–Crippen MR) is 126 cm³/mol. The molecule has 10 nitrogen and oxygen atoms in total. The second-order valence-corrected chi connectivity index (χ2v) is 8.21. The van der Waals surface area contributed by atoms with Crippen molar-refractivity contribution in [2.75, 3.05) is 5.32 Å². The summed E-state index contributed by atoms with van der Waals surface area (Å²) in [6, 6.07) is 14.0. The largest absolute Gasteiger partial charge is 0.354 e. The molecule has 2 aromatic carbocycles. The first-order chi connectivity index (χ1) is 16.3. The molecule has 2 aromatic heterocycles. The van der Waals surface area contributed by atoms with Crippen LogP contribution in [0.2, 0.25) is 5.02 Å². The maximum Gasteiger partial charge on any atom is 0.354 e. The Hall–Kier alpha value is -4.05. The second-order valence-electron chi connectivity index (χ2n) is 7.78. The third-order valence-corrected chi connectivity index (χ3v) is 5.29. The Labute approximate surface area is 198 Å². The van der Waals surface area contributed by atoms with Crippen LogP contribution in [-0.2, 0) is 17.9 Å². The van der Waals surface area contributed by atoms with E-state index in [1.54, 1.807) is 62.4 Å². The molecular weight excluding hydrogens is 460 g/mol. The molecule has 174 valence electrons. The number of halogens is 1. The van der Waals surface area contributed by atoms with Crippen molar-refractivity contribution in [3.63, 3.8) is 0 Å². The molecule has 0 aliphatic rings. The van der Waals surface area contributed by atoms with Crippen LogP contribution in [0.15, 0.2) is 62.6 Å². The van der Waals surface area contributed by atoms with Crippen molar-refractivity contribution in [1.82, 2.24) is 24.3 Å². The van der Waals surface area contributed by atoms with Crippen LogP contribution in [0.3, 0.4) is 0 Å². The molecule has 1 atom stereocenters. The third kappa shape index (κ3) is 5.12. The summed E-state index contributed by atoms with van der Waals surface area (Å²) in [5, 5.41) is 7.49. The van der Waals surface area contributed by atoms with Gasteiger partial charge >= 0.3 is 11.4 Å². The van der Waals surface area contributed by atoms with E-state index in [0.29, 0.717) is 28.7 Å². The Morgan fingerprint density at radius 3 is 2.38 bits per heavy atom. The van der Waals surface area contributed by atoms with Crippen molar-refractivity contribution in [3.8, 4) is 11.4 Å². The molecule has 1 unspecified atom stereocenters. The summed E-state index contributed by atoms with van der Waals surface area (Å²) in [4.78, 5) is 45.3. The van der Waals surface area contributed by atoms with Gasteiger partial charge in [-0.15, -0.1) is 0 Å². The lowest BCUT2D eigenvalue weighted by atomic mass is 10.2. The Bertz CT molecular complexity index is 1420. The van der Waals surface area contributed by atoms with Crippen molar-refractivity contribution < 1.29 is 9.32 Å². The van der Waals surface area contributed by atoms with Gasteiger partial charge in [0.25, 0.3) is 0 Å². The maximum atomic E-state index is 13.2. The lowest BCUT2D eigenvalue weighted by molar-refractivity contribution is -0.111. The van der Waals surface area contributed by atoms with E-state index >= 15 is 0 Å². The number of carbonyl (C=O) groups excluding carboxylic acids is 1. The molecule has 0 spiro atoms. The first-order valence-electron chi connectivity index (χ1n) is 10.4. The monoisotopic (exact) mass is 480 g/mol. The summed E-state index contributed by atoms with van der Waals surface area (Å²) in [7, 11) is 0. The van der Waals surface area contributed by atoms with E-state index in [4.69, 9.17) is 16.1 Å². The van der Waals surface area contributed by atoms with Crippen LogP contribution in [0.5, 0.6) is 0 Å². The third-order valence-electron chi connectivity index (χ3n) is 5.03. The van der Waals surface area contributed by atoms with Gasteiger partial charge < -0.3 is 14.6 Å². The Morgan fingerprint density at radius 1 is 1.06 bits per heavy atom. The van der Waals surface area contributed by atoms with Gasteiger partial charge in [-0.25, -0.2) is 14.2 Å². The summed E-state index contributed by atoms with van der Waals surface area (Å²) in [5.74, 6) is 0.463. The number of benzene rings is 2. The quantitative estimate of drug-likeness (QED) is 0.381. The molecule has 0 aliphatic heterocycles. The normalized spacial score (nSPS) is 11.9. The van der Waals surface area contributed by atoms with E-state index in [-0.39, 0.29) is 19.0 Å². The number of aldehydes is 1. The Balaban J connectivity index is 1.71. The number of rotatable bonds is 8. The molecular formula is C23H21ClN6O4. The zero-order valence-electron chi connectivity index (χ0n) is 18.4. The smallest absolute Gasteiger partial charge is 0.339 e. The van der Waals surface area contributed by atoms with Crippen molar-refractivity contribution in [2.24, 2.45) is 5.92 Å². The first-order valence-corrected chi connectivity index (χ1v) is 10.8. The van der Waals surface area contributed by atoms with E-state index in [1.165, 1.54) is 4.57 Å². The number of nitrogens with one attached hydrogen (secondary N) is 1.